The van der Waals surface area contributed by atoms with Crippen LogP contribution in [0.25, 0.3) is 0 Å². The van der Waals surface area contributed by atoms with Crippen LogP contribution < -0.4 is 10.6 Å². The minimum absolute atomic E-state index is 0.0521. The van der Waals surface area contributed by atoms with Crippen molar-refractivity contribution in [2.75, 3.05) is 44.7 Å². The molecule has 2 heterocycles. The van der Waals surface area contributed by atoms with Crippen molar-refractivity contribution in [1.29, 1.82) is 0 Å². The van der Waals surface area contributed by atoms with Crippen molar-refractivity contribution in [1.82, 2.24) is 10.2 Å². The van der Waals surface area contributed by atoms with E-state index in [4.69, 9.17) is 27.9 Å². The van der Waals surface area contributed by atoms with E-state index < -0.39 is 17.2 Å². The van der Waals surface area contributed by atoms with Crippen LogP contribution in [-0.4, -0.2) is 56.1 Å². The van der Waals surface area contributed by atoms with Gasteiger partial charge in [0.25, 0.3) is 0 Å². The molecule has 0 bridgehead atoms. The van der Waals surface area contributed by atoms with Crippen molar-refractivity contribution in [2.45, 2.75) is 38.5 Å². The molecule has 2 amide bonds. The first-order valence-electron chi connectivity index (χ1n) is 13.4. The molecule has 208 valence electrons. The molecule has 1 spiro atoms. The van der Waals surface area contributed by atoms with Crippen LogP contribution in [0.5, 0.6) is 0 Å². The van der Waals surface area contributed by atoms with Crippen molar-refractivity contribution in [2.24, 2.45) is 11.3 Å². The molecule has 9 heteroatoms. The number of amides is 2. The Hall–Kier alpha value is -2.45. The van der Waals surface area contributed by atoms with Crippen molar-refractivity contribution >= 4 is 40.7 Å². The van der Waals surface area contributed by atoms with Crippen molar-refractivity contribution in [3.8, 4) is 0 Å². The third kappa shape index (κ3) is 5.22. The smallest absolute Gasteiger partial charge is 0.247 e. The summed E-state index contributed by atoms with van der Waals surface area (Å²) in [4.78, 5) is 30.2. The number of hydrogen-bond donors (Lipinski definition) is 2. The summed E-state index contributed by atoms with van der Waals surface area (Å²) in [6, 6.07) is 10.0. The molecule has 2 aromatic rings. The van der Waals surface area contributed by atoms with E-state index in [1.165, 1.54) is 6.07 Å². The van der Waals surface area contributed by atoms with Gasteiger partial charge < -0.3 is 15.4 Å². The predicted octanol–water partition coefficient (Wildman–Crippen LogP) is 5.55. The number of nitrogens with one attached hydrogen (secondary N) is 2. The lowest BCUT2D eigenvalue weighted by Crippen LogP contribution is -2.46. The number of carbonyl (C=O) groups excluding carboxylic acids is 2. The highest BCUT2D eigenvalue weighted by Crippen LogP contribution is 2.61. The van der Waals surface area contributed by atoms with Gasteiger partial charge in [0.15, 0.2) is 0 Å². The van der Waals surface area contributed by atoms with Crippen LogP contribution in [0.1, 0.15) is 44.2 Å². The highest BCUT2D eigenvalue weighted by Gasteiger charge is 2.62. The van der Waals surface area contributed by atoms with Gasteiger partial charge in [0.1, 0.15) is 5.82 Å². The normalized spacial score (nSPS) is 25.0. The van der Waals surface area contributed by atoms with Gasteiger partial charge in [-0.15, -0.1) is 0 Å². The van der Waals surface area contributed by atoms with Gasteiger partial charge in [-0.3, -0.25) is 14.5 Å². The molecule has 0 aromatic heterocycles. The first-order chi connectivity index (χ1) is 18.5. The largest absolute Gasteiger partial charge is 0.379 e. The highest BCUT2D eigenvalue weighted by atomic mass is 35.5. The predicted molar refractivity (Wildman–Crippen MR) is 152 cm³/mol. The minimum Gasteiger partial charge on any atom is -0.379 e. The van der Waals surface area contributed by atoms with E-state index >= 15 is 4.39 Å². The number of anilines is 1. The third-order valence-electron chi connectivity index (χ3n) is 7.99. The molecule has 2 aromatic carbocycles. The van der Waals surface area contributed by atoms with Gasteiger partial charge in [0, 0.05) is 48.4 Å². The monoisotopic (exact) mass is 573 g/mol. The number of carbonyl (C=O) groups is 2. The maximum Gasteiger partial charge on any atom is 0.247 e. The molecule has 1 saturated heterocycles. The number of hydrogen-bond acceptors (Lipinski definition) is 4. The van der Waals surface area contributed by atoms with Crippen LogP contribution in [0.15, 0.2) is 48.0 Å². The molecule has 2 aliphatic heterocycles. The van der Waals surface area contributed by atoms with E-state index in [1.807, 2.05) is 12.1 Å². The third-order valence-corrected chi connectivity index (χ3v) is 8.51. The molecule has 1 aliphatic carbocycles. The van der Waals surface area contributed by atoms with Crippen LogP contribution in [-0.2, 0) is 19.7 Å². The first-order valence-corrected chi connectivity index (χ1v) is 14.1. The molecule has 5 rings (SSSR count). The van der Waals surface area contributed by atoms with Crippen LogP contribution in [0, 0.1) is 17.2 Å². The van der Waals surface area contributed by atoms with Crippen LogP contribution in [0.3, 0.4) is 0 Å². The van der Waals surface area contributed by atoms with Crippen LogP contribution >= 0.6 is 23.2 Å². The molecule has 3 aliphatic rings. The number of halogens is 3. The summed E-state index contributed by atoms with van der Waals surface area (Å²) >= 11 is 12.5. The van der Waals surface area contributed by atoms with E-state index in [9.17, 15) is 9.59 Å². The number of morpholine rings is 1. The lowest BCUT2D eigenvalue weighted by Gasteiger charge is -2.39. The molecular weight excluding hydrogens is 540 g/mol. The summed E-state index contributed by atoms with van der Waals surface area (Å²) in [7, 11) is 0. The molecule has 3 atom stereocenters. The Morgan fingerprint density at radius 2 is 1.95 bits per heavy atom. The summed E-state index contributed by atoms with van der Waals surface area (Å²) in [5.41, 5.74) is 0.486. The average Bonchev–Trinajstić information content (AvgIpc) is 3.35. The molecule has 1 fully saturated rings. The van der Waals surface area contributed by atoms with E-state index in [0.29, 0.717) is 54.6 Å². The molecule has 39 heavy (non-hydrogen) atoms. The second-order valence-corrected chi connectivity index (χ2v) is 12.6. The number of allylic oxidation sites excluding steroid dienone is 1. The zero-order valence-corrected chi connectivity index (χ0v) is 24.0. The Kier molecular flexibility index (Phi) is 7.81. The fraction of sp³-hybridized carbons (Fsp3) is 0.467. The lowest BCUT2D eigenvalue weighted by molar-refractivity contribution is -0.123. The first kappa shape index (κ1) is 28.1. The lowest BCUT2D eigenvalue weighted by atomic mass is 9.61. The van der Waals surface area contributed by atoms with Gasteiger partial charge in [0.05, 0.1) is 23.7 Å². The van der Waals surface area contributed by atoms with Gasteiger partial charge in [-0.25, -0.2) is 4.39 Å². The fourth-order valence-corrected chi connectivity index (χ4v) is 6.74. The summed E-state index contributed by atoms with van der Waals surface area (Å²) in [5.74, 6) is -2.45. The van der Waals surface area contributed by atoms with Gasteiger partial charge in [-0.05, 0) is 47.1 Å². The van der Waals surface area contributed by atoms with Crippen LogP contribution in [0.4, 0.5) is 10.1 Å². The Bertz CT molecular complexity index is 1320. The SMILES string of the molecule is CC(C)(C)C[C@@H]1C=C(C(=O)NCCN2CCOCC2)[C@@H](c2cccc(Cl)c2F)[C@]12C(=O)Nc1cc(Cl)ccc12. The van der Waals surface area contributed by atoms with E-state index in [-0.39, 0.29) is 33.7 Å². The number of rotatable bonds is 6. The number of ether oxygens (including phenoxy) is 1. The summed E-state index contributed by atoms with van der Waals surface area (Å²) in [6.45, 7) is 10.4. The van der Waals surface area contributed by atoms with Crippen molar-refractivity contribution in [3.05, 3.63) is 75.0 Å². The van der Waals surface area contributed by atoms with Crippen LogP contribution in [0.2, 0.25) is 10.0 Å². The molecular formula is C30H34Cl2FN3O3. The summed E-state index contributed by atoms with van der Waals surface area (Å²) in [5, 5.41) is 6.48. The van der Waals surface area contributed by atoms with Gasteiger partial charge in [-0.1, -0.05) is 68.2 Å². The Balaban J connectivity index is 1.61. The summed E-state index contributed by atoms with van der Waals surface area (Å²) in [6.07, 6.45) is 2.50. The highest BCUT2D eigenvalue weighted by molar-refractivity contribution is 6.31. The molecule has 6 nitrogen and oxygen atoms in total. The average molecular weight is 575 g/mol. The molecule has 0 radical (unpaired) electrons. The van der Waals surface area contributed by atoms with Gasteiger partial charge in [-0.2, -0.15) is 0 Å². The summed E-state index contributed by atoms with van der Waals surface area (Å²) < 4.78 is 21.2. The Morgan fingerprint density at radius 3 is 2.67 bits per heavy atom. The van der Waals surface area contributed by atoms with E-state index in [0.717, 1.165) is 13.1 Å². The molecule has 0 saturated carbocycles. The topological polar surface area (TPSA) is 70.7 Å². The standard InChI is InChI=1S/C30H34Cl2FN3O3/c1-29(2,3)17-18-15-21(27(37)34-9-10-36-11-13-39-14-12-36)25(20-5-4-6-23(32)26(20)33)30(18)22-8-7-19(31)16-24(22)35-28(30)38/h4-8,15-16,18,25H,9-14,17H2,1-3H3,(H,34,37)(H,35,38)/t18-,25+,30-/m0/s1. The second kappa shape index (κ2) is 10.8. The molecule has 0 unspecified atom stereocenters. The van der Waals surface area contributed by atoms with Gasteiger partial charge in [0.2, 0.25) is 11.8 Å². The number of fused-ring (bicyclic) bond motifs is 2. The number of benzene rings is 2. The number of nitrogens with zero attached hydrogens (tertiary/aromatic N) is 1. The van der Waals surface area contributed by atoms with E-state index in [1.54, 1.807) is 24.3 Å². The van der Waals surface area contributed by atoms with Gasteiger partial charge >= 0.3 is 0 Å². The fourth-order valence-electron chi connectivity index (χ4n) is 6.38. The van der Waals surface area contributed by atoms with Crippen molar-refractivity contribution in [3.63, 3.8) is 0 Å². The van der Waals surface area contributed by atoms with Crippen molar-refractivity contribution < 1.29 is 18.7 Å². The quantitative estimate of drug-likeness (QED) is 0.475. The second-order valence-electron chi connectivity index (χ2n) is 11.8. The maximum atomic E-state index is 15.8. The Labute approximate surface area is 238 Å². The zero-order valence-electron chi connectivity index (χ0n) is 22.5. The minimum atomic E-state index is -1.24. The molecule has 2 N–H and O–H groups in total. The van der Waals surface area contributed by atoms with E-state index in [2.05, 4.69) is 36.3 Å². The Morgan fingerprint density at radius 1 is 1.21 bits per heavy atom. The zero-order chi connectivity index (χ0) is 27.9. The maximum absolute atomic E-state index is 15.8.